The number of rotatable bonds is 2. The van der Waals surface area contributed by atoms with E-state index in [2.05, 4.69) is 15.5 Å². The van der Waals surface area contributed by atoms with Gasteiger partial charge in [-0.05, 0) is 26.0 Å². The third-order valence-corrected chi connectivity index (χ3v) is 2.92. The van der Waals surface area contributed by atoms with Crippen molar-refractivity contribution in [1.29, 1.82) is 0 Å². The number of carbonyl (C=O) groups excluding carboxylic acids is 1. The van der Waals surface area contributed by atoms with Crippen LogP contribution in [0.4, 0.5) is 0 Å². The van der Waals surface area contributed by atoms with Gasteiger partial charge >= 0.3 is 0 Å². The standard InChI is InChI=1S/C10H16N4O/c1-11-8-3-6-14(7-4-8)10(15)9-2-5-12-13-9/h2,5,8,11H,3-4,6-7H2,1H3,(H,12,13). The Balaban J connectivity index is 1.93. The first-order valence-electron chi connectivity index (χ1n) is 5.27. The van der Waals surface area contributed by atoms with Crippen molar-refractivity contribution in [1.82, 2.24) is 20.4 Å². The van der Waals surface area contributed by atoms with Gasteiger partial charge in [0.25, 0.3) is 5.91 Å². The van der Waals surface area contributed by atoms with Crippen molar-refractivity contribution in [3.63, 3.8) is 0 Å². The largest absolute Gasteiger partial charge is 0.337 e. The van der Waals surface area contributed by atoms with E-state index in [1.165, 1.54) is 0 Å². The lowest BCUT2D eigenvalue weighted by Crippen LogP contribution is -2.44. The summed E-state index contributed by atoms with van der Waals surface area (Å²) >= 11 is 0. The molecule has 15 heavy (non-hydrogen) atoms. The number of nitrogens with one attached hydrogen (secondary N) is 2. The second kappa shape index (κ2) is 4.44. The van der Waals surface area contributed by atoms with Crippen LogP contribution in [0.5, 0.6) is 0 Å². The van der Waals surface area contributed by atoms with Crippen LogP contribution in [0.15, 0.2) is 12.3 Å². The Morgan fingerprint density at radius 2 is 2.33 bits per heavy atom. The summed E-state index contributed by atoms with van der Waals surface area (Å²) in [6, 6.07) is 2.27. The van der Waals surface area contributed by atoms with Crippen molar-refractivity contribution in [2.24, 2.45) is 0 Å². The van der Waals surface area contributed by atoms with Crippen LogP contribution in [0.2, 0.25) is 0 Å². The lowest BCUT2D eigenvalue weighted by molar-refractivity contribution is 0.0701. The summed E-state index contributed by atoms with van der Waals surface area (Å²) in [6.45, 7) is 1.65. The number of amides is 1. The van der Waals surface area contributed by atoms with Gasteiger partial charge in [-0.25, -0.2) is 0 Å². The predicted molar refractivity (Wildman–Crippen MR) is 56.6 cm³/mol. The maximum atomic E-state index is 11.9. The van der Waals surface area contributed by atoms with Gasteiger partial charge in [-0.3, -0.25) is 9.89 Å². The molecular weight excluding hydrogens is 192 g/mol. The number of H-pyrrole nitrogens is 1. The Kier molecular flexibility index (Phi) is 3.01. The summed E-state index contributed by atoms with van der Waals surface area (Å²) in [6.07, 6.45) is 3.65. The van der Waals surface area contributed by atoms with E-state index in [0.29, 0.717) is 11.7 Å². The molecule has 0 unspecified atom stereocenters. The highest BCUT2D eigenvalue weighted by atomic mass is 16.2. The predicted octanol–water partition coefficient (Wildman–Crippen LogP) is 0.234. The van der Waals surface area contributed by atoms with Gasteiger partial charge in [0.2, 0.25) is 0 Å². The lowest BCUT2D eigenvalue weighted by Gasteiger charge is -2.31. The lowest BCUT2D eigenvalue weighted by atomic mass is 10.1. The number of piperidine rings is 1. The van der Waals surface area contributed by atoms with Crippen molar-refractivity contribution in [2.75, 3.05) is 20.1 Å². The Morgan fingerprint density at radius 1 is 1.60 bits per heavy atom. The molecule has 1 aliphatic heterocycles. The molecule has 2 N–H and O–H groups in total. The van der Waals surface area contributed by atoms with Crippen LogP contribution in [0.25, 0.3) is 0 Å². The number of nitrogens with zero attached hydrogens (tertiary/aromatic N) is 2. The van der Waals surface area contributed by atoms with Crippen molar-refractivity contribution in [3.8, 4) is 0 Å². The SMILES string of the molecule is CNC1CCN(C(=O)c2ccn[nH]2)CC1. The fourth-order valence-electron chi connectivity index (χ4n) is 1.92. The maximum absolute atomic E-state index is 11.9. The highest BCUT2D eigenvalue weighted by Gasteiger charge is 2.23. The van der Waals surface area contributed by atoms with Crippen molar-refractivity contribution < 1.29 is 4.79 Å². The third kappa shape index (κ3) is 2.18. The quantitative estimate of drug-likeness (QED) is 0.731. The summed E-state index contributed by atoms with van der Waals surface area (Å²) in [5, 5.41) is 9.73. The van der Waals surface area contributed by atoms with Crippen LogP contribution in [0, 0.1) is 0 Å². The van der Waals surface area contributed by atoms with E-state index in [4.69, 9.17) is 0 Å². The van der Waals surface area contributed by atoms with Gasteiger partial charge < -0.3 is 10.2 Å². The van der Waals surface area contributed by atoms with Gasteiger partial charge in [0.1, 0.15) is 5.69 Å². The second-order valence-electron chi connectivity index (χ2n) is 3.83. The summed E-state index contributed by atoms with van der Waals surface area (Å²) in [5.41, 5.74) is 0.581. The first-order chi connectivity index (χ1) is 7.31. The Labute approximate surface area is 88.8 Å². The Hall–Kier alpha value is -1.36. The van der Waals surface area contributed by atoms with E-state index in [-0.39, 0.29) is 5.91 Å². The average molecular weight is 208 g/mol. The monoisotopic (exact) mass is 208 g/mol. The molecule has 82 valence electrons. The zero-order valence-electron chi connectivity index (χ0n) is 8.86. The molecule has 0 saturated carbocycles. The van der Waals surface area contributed by atoms with E-state index in [1.54, 1.807) is 12.3 Å². The number of hydrogen-bond donors (Lipinski definition) is 2. The highest BCUT2D eigenvalue weighted by molar-refractivity contribution is 5.92. The maximum Gasteiger partial charge on any atom is 0.271 e. The molecule has 1 aromatic heterocycles. The number of carbonyl (C=O) groups is 1. The highest BCUT2D eigenvalue weighted by Crippen LogP contribution is 2.12. The van der Waals surface area contributed by atoms with Gasteiger partial charge in [0, 0.05) is 25.3 Å². The molecule has 1 fully saturated rings. The summed E-state index contributed by atoms with van der Waals surface area (Å²) in [4.78, 5) is 13.8. The molecule has 0 atom stereocenters. The van der Waals surface area contributed by atoms with E-state index in [9.17, 15) is 4.79 Å². The fraction of sp³-hybridized carbons (Fsp3) is 0.600. The van der Waals surface area contributed by atoms with Crippen LogP contribution in [0.3, 0.4) is 0 Å². The van der Waals surface area contributed by atoms with Gasteiger partial charge in [-0.2, -0.15) is 5.10 Å². The molecule has 0 aliphatic carbocycles. The molecule has 0 bridgehead atoms. The number of likely N-dealkylation sites (tertiary alicyclic amines) is 1. The normalized spacial score (nSPS) is 18.1. The molecule has 5 nitrogen and oxygen atoms in total. The van der Waals surface area contributed by atoms with Gasteiger partial charge in [-0.1, -0.05) is 0 Å². The fourth-order valence-corrected chi connectivity index (χ4v) is 1.92. The molecule has 0 spiro atoms. The second-order valence-corrected chi connectivity index (χ2v) is 3.83. The molecule has 1 aliphatic rings. The first kappa shape index (κ1) is 10.2. The van der Waals surface area contributed by atoms with E-state index >= 15 is 0 Å². The molecule has 1 saturated heterocycles. The molecule has 5 heteroatoms. The molecule has 2 rings (SSSR count). The van der Waals surface area contributed by atoms with Crippen molar-refractivity contribution >= 4 is 5.91 Å². The van der Waals surface area contributed by atoms with Crippen molar-refractivity contribution in [2.45, 2.75) is 18.9 Å². The van der Waals surface area contributed by atoms with Gasteiger partial charge in [0.05, 0.1) is 0 Å². The summed E-state index contributed by atoms with van der Waals surface area (Å²) in [5.74, 6) is 0.0575. The summed E-state index contributed by atoms with van der Waals surface area (Å²) in [7, 11) is 1.97. The van der Waals surface area contributed by atoms with E-state index in [0.717, 1.165) is 25.9 Å². The van der Waals surface area contributed by atoms with Crippen LogP contribution in [-0.2, 0) is 0 Å². The van der Waals surface area contributed by atoms with Crippen molar-refractivity contribution in [3.05, 3.63) is 18.0 Å². The van der Waals surface area contributed by atoms with E-state index in [1.807, 2.05) is 11.9 Å². The van der Waals surface area contributed by atoms with Crippen LogP contribution in [0.1, 0.15) is 23.3 Å². The summed E-state index contributed by atoms with van der Waals surface area (Å²) < 4.78 is 0. The Morgan fingerprint density at radius 3 is 2.87 bits per heavy atom. The average Bonchev–Trinajstić information content (AvgIpc) is 2.82. The zero-order valence-corrected chi connectivity index (χ0v) is 8.86. The minimum Gasteiger partial charge on any atom is -0.337 e. The first-order valence-corrected chi connectivity index (χ1v) is 5.27. The van der Waals surface area contributed by atoms with Gasteiger partial charge in [0.15, 0.2) is 0 Å². The molecule has 1 amide bonds. The van der Waals surface area contributed by atoms with Gasteiger partial charge in [-0.15, -0.1) is 0 Å². The Bertz CT molecular complexity index is 314. The van der Waals surface area contributed by atoms with Crippen LogP contribution in [-0.4, -0.2) is 47.2 Å². The molecular formula is C10H16N4O. The number of aromatic amines is 1. The molecule has 2 heterocycles. The number of hydrogen-bond acceptors (Lipinski definition) is 3. The minimum absolute atomic E-state index is 0.0575. The van der Waals surface area contributed by atoms with Crippen LogP contribution >= 0.6 is 0 Å². The minimum atomic E-state index is 0.0575. The topological polar surface area (TPSA) is 61.0 Å². The smallest absolute Gasteiger partial charge is 0.271 e. The third-order valence-electron chi connectivity index (χ3n) is 2.92. The number of aromatic nitrogens is 2. The van der Waals surface area contributed by atoms with Crippen LogP contribution < -0.4 is 5.32 Å². The van der Waals surface area contributed by atoms with E-state index < -0.39 is 0 Å². The molecule has 0 aromatic carbocycles. The molecule has 1 aromatic rings. The molecule has 0 radical (unpaired) electrons. The zero-order chi connectivity index (χ0) is 10.7.